The van der Waals surface area contributed by atoms with Crippen molar-refractivity contribution in [3.63, 3.8) is 0 Å². The number of aliphatic hydroxyl groups is 1. The number of hydrogen-bond acceptors (Lipinski definition) is 7. The van der Waals surface area contributed by atoms with E-state index >= 15 is 0 Å². The minimum atomic E-state index is -0.708. The number of ether oxygens (including phenoxy) is 4. The maximum absolute atomic E-state index is 12.9. The van der Waals surface area contributed by atoms with E-state index < -0.39 is 11.9 Å². The molecular formula is C24H27NO7. The summed E-state index contributed by atoms with van der Waals surface area (Å²) in [5, 5.41) is 11.7. The number of benzene rings is 2. The first-order valence-corrected chi connectivity index (χ1v) is 9.75. The van der Waals surface area contributed by atoms with Crippen LogP contribution in [0.4, 0.5) is 0 Å². The number of carbonyl (C=O) groups is 2. The largest absolute Gasteiger partial charge is 0.493 e. The highest BCUT2D eigenvalue weighted by Gasteiger charge is 2.23. The Kier molecular flexibility index (Phi) is 9.31. The van der Waals surface area contributed by atoms with E-state index in [2.05, 4.69) is 5.32 Å². The molecule has 0 spiro atoms. The lowest BCUT2D eigenvalue weighted by molar-refractivity contribution is -0.136. The molecule has 0 unspecified atom stereocenters. The van der Waals surface area contributed by atoms with Crippen molar-refractivity contribution in [3.05, 3.63) is 64.7 Å². The molecule has 0 aromatic heterocycles. The number of methoxy groups -OCH3 is 4. The normalized spacial score (nSPS) is 11.5. The molecule has 0 bridgehead atoms. The molecule has 0 saturated heterocycles. The number of rotatable bonds is 10. The topological polar surface area (TPSA) is 103 Å². The van der Waals surface area contributed by atoms with Crippen molar-refractivity contribution in [1.82, 2.24) is 5.32 Å². The predicted molar refractivity (Wildman–Crippen MR) is 121 cm³/mol. The van der Waals surface area contributed by atoms with Crippen LogP contribution in [0.2, 0.25) is 0 Å². The van der Waals surface area contributed by atoms with Crippen molar-refractivity contribution >= 4 is 24.0 Å². The van der Waals surface area contributed by atoms with Crippen LogP contribution in [0.1, 0.15) is 11.1 Å². The summed E-state index contributed by atoms with van der Waals surface area (Å²) >= 11 is 0. The van der Waals surface area contributed by atoms with Crippen LogP contribution in [0.15, 0.2) is 53.6 Å². The summed E-state index contributed by atoms with van der Waals surface area (Å²) in [6, 6.07) is 12.4. The number of nitrogens with one attached hydrogen (secondary N) is 1. The van der Waals surface area contributed by atoms with Crippen LogP contribution in [-0.2, 0) is 14.3 Å². The van der Waals surface area contributed by atoms with Gasteiger partial charge in [-0.2, -0.15) is 0 Å². The van der Waals surface area contributed by atoms with E-state index in [1.54, 1.807) is 30.3 Å². The van der Waals surface area contributed by atoms with Gasteiger partial charge in [0.1, 0.15) is 0 Å². The fourth-order valence-corrected chi connectivity index (χ4v) is 2.95. The van der Waals surface area contributed by atoms with Gasteiger partial charge in [0.15, 0.2) is 11.5 Å². The van der Waals surface area contributed by atoms with Crippen LogP contribution in [0, 0.1) is 0 Å². The van der Waals surface area contributed by atoms with Gasteiger partial charge in [-0.15, -0.1) is 0 Å². The van der Waals surface area contributed by atoms with Gasteiger partial charge < -0.3 is 29.4 Å². The molecular weight excluding hydrogens is 414 g/mol. The van der Waals surface area contributed by atoms with Crippen molar-refractivity contribution in [2.45, 2.75) is 0 Å². The van der Waals surface area contributed by atoms with E-state index in [0.717, 1.165) is 0 Å². The zero-order valence-corrected chi connectivity index (χ0v) is 18.5. The molecule has 0 atom stereocenters. The summed E-state index contributed by atoms with van der Waals surface area (Å²) in [5.74, 6) is -0.0687. The lowest BCUT2D eigenvalue weighted by Gasteiger charge is -2.14. The van der Waals surface area contributed by atoms with Crippen molar-refractivity contribution < 1.29 is 33.6 Å². The Bertz CT molecular complexity index is 972. The standard InChI is InChI=1S/C24H27NO7/c1-29-20-14-17(15-21(30-2)22(20)31-3)13-19(24(28)32-4)18(23(27)25-10-11-26)12-16-8-6-5-7-9-16/h5-9,12-15,26H,10-11H2,1-4H3,(H,25,27)/b18-12+,19-13+. The first kappa shape index (κ1) is 24.5. The van der Waals surface area contributed by atoms with Crippen molar-refractivity contribution in [3.8, 4) is 17.2 Å². The van der Waals surface area contributed by atoms with Gasteiger partial charge in [0.05, 0.1) is 46.2 Å². The first-order chi connectivity index (χ1) is 15.5. The SMILES string of the molecule is COC(=O)C(=C/c1cc(OC)c(OC)c(OC)c1)/C(=C\c1ccccc1)C(=O)NCCO. The molecule has 170 valence electrons. The summed E-state index contributed by atoms with van der Waals surface area (Å²) in [6.45, 7) is -0.210. The highest BCUT2D eigenvalue weighted by atomic mass is 16.5. The molecule has 0 saturated carbocycles. The summed E-state index contributed by atoms with van der Waals surface area (Å²) in [5.41, 5.74) is 1.32. The minimum absolute atomic E-state index is 0.0149. The van der Waals surface area contributed by atoms with Gasteiger partial charge >= 0.3 is 5.97 Å². The molecule has 0 aliphatic heterocycles. The third-order valence-corrected chi connectivity index (χ3v) is 4.45. The van der Waals surface area contributed by atoms with E-state index in [1.807, 2.05) is 18.2 Å². The third-order valence-electron chi connectivity index (χ3n) is 4.45. The van der Waals surface area contributed by atoms with E-state index in [-0.39, 0.29) is 24.3 Å². The second-order valence-electron chi connectivity index (χ2n) is 6.46. The maximum Gasteiger partial charge on any atom is 0.338 e. The lowest BCUT2D eigenvalue weighted by atomic mass is 9.99. The van der Waals surface area contributed by atoms with Crippen LogP contribution in [-0.4, -0.2) is 58.6 Å². The van der Waals surface area contributed by atoms with Crippen LogP contribution in [0.25, 0.3) is 12.2 Å². The molecule has 2 aromatic rings. The summed E-state index contributed by atoms with van der Waals surface area (Å²) in [7, 11) is 5.68. The van der Waals surface area contributed by atoms with Crippen LogP contribution < -0.4 is 19.5 Å². The molecule has 2 N–H and O–H groups in total. The van der Waals surface area contributed by atoms with Crippen LogP contribution in [0.5, 0.6) is 17.2 Å². The smallest absolute Gasteiger partial charge is 0.338 e. The average molecular weight is 441 g/mol. The molecule has 0 aliphatic rings. The van der Waals surface area contributed by atoms with Crippen LogP contribution >= 0.6 is 0 Å². The Labute approximate surface area is 187 Å². The molecule has 0 fully saturated rings. The quantitative estimate of drug-likeness (QED) is 0.332. The highest BCUT2D eigenvalue weighted by Crippen LogP contribution is 2.39. The summed E-state index contributed by atoms with van der Waals surface area (Å²) in [6.07, 6.45) is 3.08. The second kappa shape index (κ2) is 12.2. The van der Waals surface area contributed by atoms with E-state index in [0.29, 0.717) is 28.4 Å². The zero-order chi connectivity index (χ0) is 23.5. The zero-order valence-electron chi connectivity index (χ0n) is 18.5. The van der Waals surface area contributed by atoms with Gasteiger partial charge in [-0.05, 0) is 35.4 Å². The number of hydrogen-bond donors (Lipinski definition) is 2. The molecule has 1 amide bonds. The number of esters is 1. The summed E-state index contributed by atoms with van der Waals surface area (Å²) < 4.78 is 21.0. The van der Waals surface area contributed by atoms with Crippen molar-refractivity contribution in [2.75, 3.05) is 41.6 Å². The Morgan fingerprint density at radius 3 is 1.97 bits per heavy atom. The van der Waals surface area contributed by atoms with E-state index in [4.69, 9.17) is 24.1 Å². The monoisotopic (exact) mass is 441 g/mol. The molecule has 32 heavy (non-hydrogen) atoms. The van der Waals surface area contributed by atoms with Gasteiger partial charge in [-0.25, -0.2) is 4.79 Å². The molecule has 0 radical (unpaired) electrons. The number of aliphatic hydroxyl groups excluding tert-OH is 1. The Morgan fingerprint density at radius 2 is 1.47 bits per heavy atom. The van der Waals surface area contributed by atoms with Gasteiger partial charge in [0, 0.05) is 6.54 Å². The van der Waals surface area contributed by atoms with Gasteiger partial charge in [-0.1, -0.05) is 30.3 Å². The lowest BCUT2D eigenvalue weighted by Crippen LogP contribution is -2.29. The fourth-order valence-electron chi connectivity index (χ4n) is 2.95. The minimum Gasteiger partial charge on any atom is -0.493 e. The molecule has 0 aliphatic carbocycles. The molecule has 2 aromatic carbocycles. The van der Waals surface area contributed by atoms with Gasteiger partial charge in [0.25, 0.3) is 5.91 Å². The summed E-state index contributed by atoms with van der Waals surface area (Å²) in [4.78, 5) is 25.6. The van der Waals surface area contributed by atoms with Gasteiger partial charge in [0.2, 0.25) is 5.75 Å². The molecule has 8 heteroatoms. The highest BCUT2D eigenvalue weighted by molar-refractivity contribution is 6.14. The van der Waals surface area contributed by atoms with Gasteiger partial charge in [-0.3, -0.25) is 4.79 Å². The first-order valence-electron chi connectivity index (χ1n) is 9.75. The fraction of sp³-hybridized carbons (Fsp3) is 0.250. The van der Waals surface area contributed by atoms with Crippen LogP contribution in [0.3, 0.4) is 0 Å². The van der Waals surface area contributed by atoms with E-state index in [1.165, 1.54) is 34.5 Å². The maximum atomic E-state index is 12.9. The average Bonchev–Trinajstić information content (AvgIpc) is 2.83. The third kappa shape index (κ3) is 6.12. The predicted octanol–water partition coefficient (Wildman–Crippen LogP) is 2.46. The molecule has 0 heterocycles. The Hall–Kier alpha value is -3.78. The second-order valence-corrected chi connectivity index (χ2v) is 6.46. The Morgan fingerprint density at radius 1 is 0.875 bits per heavy atom. The number of carbonyl (C=O) groups excluding carboxylic acids is 2. The molecule has 8 nitrogen and oxygen atoms in total. The molecule has 2 rings (SSSR count). The van der Waals surface area contributed by atoms with Crippen molar-refractivity contribution in [1.29, 1.82) is 0 Å². The number of amides is 1. The van der Waals surface area contributed by atoms with E-state index in [9.17, 15) is 9.59 Å². The Balaban J connectivity index is 2.70. The van der Waals surface area contributed by atoms with Crippen molar-refractivity contribution in [2.24, 2.45) is 0 Å².